The Kier molecular flexibility index (Phi) is 5.59. The maximum absolute atomic E-state index is 14.0. The van der Waals surface area contributed by atoms with E-state index in [0.717, 1.165) is 0 Å². The quantitative estimate of drug-likeness (QED) is 0.608. The lowest BCUT2D eigenvalue weighted by atomic mass is 10.1. The Morgan fingerprint density at radius 2 is 1.71 bits per heavy atom. The van der Waals surface area contributed by atoms with Crippen LogP contribution in [-0.4, -0.2) is 28.4 Å². The van der Waals surface area contributed by atoms with Gasteiger partial charge in [-0.1, -0.05) is 24.3 Å². The third-order valence-electron chi connectivity index (χ3n) is 4.03. The number of ether oxygens (including phenoxy) is 1. The van der Waals surface area contributed by atoms with E-state index >= 15 is 0 Å². The smallest absolute Gasteiger partial charge is 0.267 e. The number of para-hydroxylation sites is 1. The van der Waals surface area contributed by atoms with E-state index in [1.165, 1.54) is 12.3 Å². The van der Waals surface area contributed by atoms with Crippen LogP contribution in [0.25, 0.3) is 11.1 Å². The molecule has 0 fully saturated rings. The van der Waals surface area contributed by atoms with E-state index in [-0.39, 0.29) is 18.0 Å². The highest BCUT2D eigenvalue weighted by Crippen LogP contribution is 2.31. The number of nitrogens with zero attached hydrogens (tertiary/aromatic N) is 2. The van der Waals surface area contributed by atoms with Crippen molar-refractivity contribution in [3.8, 4) is 16.9 Å². The van der Waals surface area contributed by atoms with Crippen molar-refractivity contribution in [2.45, 2.75) is 6.42 Å². The fourth-order valence-electron chi connectivity index (χ4n) is 2.71. The van der Waals surface area contributed by atoms with Crippen LogP contribution in [0.15, 0.2) is 54.7 Å². The molecule has 0 saturated carbocycles. The van der Waals surface area contributed by atoms with E-state index < -0.39 is 17.8 Å². The van der Waals surface area contributed by atoms with E-state index in [0.29, 0.717) is 28.9 Å². The van der Waals surface area contributed by atoms with Crippen LogP contribution in [0.3, 0.4) is 0 Å². The van der Waals surface area contributed by atoms with Crippen molar-refractivity contribution in [3.05, 3.63) is 77.6 Å². The van der Waals surface area contributed by atoms with Gasteiger partial charge in [0, 0.05) is 23.7 Å². The molecule has 1 aromatic carbocycles. The molecular formula is C20H17FN4O3. The van der Waals surface area contributed by atoms with Crippen LogP contribution in [0.5, 0.6) is 5.75 Å². The Morgan fingerprint density at radius 3 is 2.43 bits per heavy atom. The summed E-state index contributed by atoms with van der Waals surface area (Å²) in [6.45, 7) is 0.177. The SMILES string of the molecule is NC(=O)c1ccc(CCOc2ccccc2-c2cccnc2F)c(C(N)=O)n1. The van der Waals surface area contributed by atoms with Crippen LogP contribution in [0.4, 0.5) is 4.39 Å². The number of carbonyl (C=O) groups excluding carboxylic acids is 2. The topological polar surface area (TPSA) is 121 Å². The standard InChI is InChI=1S/C20H17FN4O3/c21-18-14(5-3-10-24-18)13-4-1-2-6-16(13)28-11-9-12-7-8-15(19(22)26)25-17(12)20(23)27/h1-8,10H,9,11H2,(H2,22,26)(H2,23,27). The minimum absolute atomic E-state index is 0.0357. The van der Waals surface area contributed by atoms with Crippen LogP contribution in [0.1, 0.15) is 26.5 Å². The Bertz CT molecular complexity index is 1040. The van der Waals surface area contributed by atoms with Crippen LogP contribution in [-0.2, 0) is 6.42 Å². The molecule has 0 atom stereocenters. The molecule has 0 aliphatic carbocycles. The highest BCUT2D eigenvalue weighted by atomic mass is 19.1. The number of benzene rings is 1. The van der Waals surface area contributed by atoms with Crippen molar-refractivity contribution in [2.75, 3.05) is 6.61 Å². The Hall–Kier alpha value is -3.81. The number of aromatic nitrogens is 2. The number of carbonyl (C=O) groups is 2. The largest absolute Gasteiger partial charge is 0.493 e. The summed E-state index contributed by atoms with van der Waals surface area (Å²) in [5, 5.41) is 0. The van der Waals surface area contributed by atoms with Crippen molar-refractivity contribution < 1.29 is 18.7 Å². The molecule has 0 aliphatic rings. The zero-order valence-electron chi connectivity index (χ0n) is 14.8. The minimum Gasteiger partial charge on any atom is -0.493 e. The third kappa shape index (κ3) is 4.12. The first-order chi connectivity index (χ1) is 13.5. The average molecular weight is 380 g/mol. The number of nitrogens with two attached hydrogens (primary N) is 2. The molecule has 0 radical (unpaired) electrons. The summed E-state index contributed by atoms with van der Waals surface area (Å²) in [5.41, 5.74) is 11.8. The molecule has 3 aromatic rings. The number of amides is 2. The van der Waals surface area contributed by atoms with Gasteiger partial charge in [-0.25, -0.2) is 9.97 Å². The van der Waals surface area contributed by atoms with E-state index in [2.05, 4.69) is 9.97 Å². The molecule has 0 spiro atoms. The summed E-state index contributed by atoms with van der Waals surface area (Å²) in [6, 6.07) is 13.2. The summed E-state index contributed by atoms with van der Waals surface area (Å²) in [6.07, 6.45) is 1.67. The first-order valence-electron chi connectivity index (χ1n) is 8.39. The van der Waals surface area contributed by atoms with Gasteiger partial charge in [0.15, 0.2) is 0 Å². The third-order valence-corrected chi connectivity index (χ3v) is 4.03. The Balaban J connectivity index is 1.79. The lowest BCUT2D eigenvalue weighted by molar-refractivity contribution is 0.0991. The maximum Gasteiger partial charge on any atom is 0.267 e. The lowest BCUT2D eigenvalue weighted by Gasteiger charge is -2.13. The van der Waals surface area contributed by atoms with Crippen molar-refractivity contribution >= 4 is 11.8 Å². The van der Waals surface area contributed by atoms with E-state index in [1.807, 2.05) is 0 Å². The molecule has 142 valence electrons. The van der Waals surface area contributed by atoms with Gasteiger partial charge in [-0.2, -0.15) is 4.39 Å². The number of pyridine rings is 2. The Labute approximate surface area is 160 Å². The predicted molar refractivity (Wildman–Crippen MR) is 100 cm³/mol. The zero-order chi connectivity index (χ0) is 20.1. The fraction of sp³-hybridized carbons (Fsp3) is 0.100. The molecule has 28 heavy (non-hydrogen) atoms. The fourth-order valence-corrected chi connectivity index (χ4v) is 2.71. The zero-order valence-corrected chi connectivity index (χ0v) is 14.8. The molecule has 2 aromatic heterocycles. The van der Waals surface area contributed by atoms with E-state index in [4.69, 9.17) is 16.2 Å². The predicted octanol–water partition coefficient (Wildman–Crippen LogP) is 2.10. The van der Waals surface area contributed by atoms with Gasteiger partial charge in [-0.05, 0) is 29.8 Å². The summed E-state index contributed by atoms with van der Waals surface area (Å²) < 4.78 is 19.8. The molecule has 8 heteroatoms. The highest BCUT2D eigenvalue weighted by molar-refractivity contribution is 5.95. The maximum atomic E-state index is 14.0. The first-order valence-corrected chi connectivity index (χ1v) is 8.39. The first kappa shape index (κ1) is 19.0. The number of primary amides is 2. The molecule has 2 amide bonds. The number of hydrogen-bond donors (Lipinski definition) is 2. The molecule has 3 rings (SSSR count). The lowest BCUT2D eigenvalue weighted by Crippen LogP contribution is -2.21. The normalized spacial score (nSPS) is 10.5. The Morgan fingerprint density at radius 1 is 0.964 bits per heavy atom. The van der Waals surface area contributed by atoms with Crippen molar-refractivity contribution in [1.29, 1.82) is 0 Å². The van der Waals surface area contributed by atoms with Gasteiger partial charge in [0.25, 0.3) is 11.8 Å². The average Bonchev–Trinajstić information content (AvgIpc) is 2.69. The van der Waals surface area contributed by atoms with Gasteiger partial charge in [-0.15, -0.1) is 0 Å². The molecule has 0 unspecified atom stereocenters. The summed E-state index contributed by atoms with van der Waals surface area (Å²) in [5.74, 6) is -1.65. The number of halogens is 1. The van der Waals surface area contributed by atoms with E-state index in [1.54, 1.807) is 42.5 Å². The molecule has 4 N–H and O–H groups in total. The van der Waals surface area contributed by atoms with Gasteiger partial charge in [-0.3, -0.25) is 9.59 Å². The minimum atomic E-state index is -0.768. The summed E-state index contributed by atoms with van der Waals surface area (Å²) >= 11 is 0. The summed E-state index contributed by atoms with van der Waals surface area (Å²) in [7, 11) is 0. The van der Waals surface area contributed by atoms with Gasteiger partial charge < -0.3 is 16.2 Å². The van der Waals surface area contributed by atoms with E-state index in [9.17, 15) is 14.0 Å². The molecule has 0 saturated heterocycles. The highest BCUT2D eigenvalue weighted by Gasteiger charge is 2.15. The number of rotatable bonds is 7. The van der Waals surface area contributed by atoms with Gasteiger partial charge in [0.05, 0.1) is 6.61 Å². The van der Waals surface area contributed by atoms with Crippen molar-refractivity contribution in [2.24, 2.45) is 11.5 Å². The van der Waals surface area contributed by atoms with Gasteiger partial charge >= 0.3 is 0 Å². The monoisotopic (exact) mass is 380 g/mol. The van der Waals surface area contributed by atoms with Crippen molar-refractivity contribution in [1.82, 2.24) is 9.97 Å². The second-order valence-corrected chi connectivity index (χ2v) is 5.87. The second kappa shape index (κ2) is 8.26. The van der Waals surface area contributed by atoms with Crippen molar-refractivity contribution in [3.63, 3.8) is 0 Å². The van der Waals surface area contributed by atoms with Gasteiger partial charge in [0.2, 0.25) is 5.95 Å². The second-order valence-electron chi connectivity index (χ2n) is 5.87. The number of hydrogen-bond acceptors (Lipinski definition) is 5. The molecule has 0 aliphatic heterocycles. The molecule has 0 bridgehead atoms. The van der Waals surface area contributed by atoms with Crippen LogP contribution >= 0.6 is 0 Å². The summed E-state index contributed by atoms with van der Waals surface area (Å²) in [4.78, 5) is 30.4. The molecular weight excluding hydrogens is 363 g/mol. The van der Waals surface area contributed by atoms with Crippen LogP contribution in [0, 0.1) is 5.95 Å². The van der Waals surface area contributed by atoms with Crippen LogP contribution in [0.2, 0.25) is 0 Å². The molecule has 7 nitrogen and oxygen atoms in total. The van der Waals surface area contributed by atoms with Gasteiger partial charge in [0.1, 0.15) is 17.1 Å². The van der Waals surface area contributed by atoms with Crippen LogP contribution < -0.4 is 16.2 Å². The molecule has 2 heterocycles.